The van der Waals surface area contributed by atoms with Gasteiger partial charge in [-0.05, 0) is 46.3 Å². The number of hydrogen-bond acceptors (Lipinski definition) is 5. The fourth-order valence-electron chi connectivity index (χ4n) is 6.37. The topological polar surface area (TPSA) is 64.7 Å². The molecule has 0 saturated heterocycles. The minimum absolute atomic E-state index is 0.607. The highest BCUT2D eigenvalue weighted by Crippen LogP contribution is 2.44. The largest absolute Gasteiger partial charge is 0.455 e. The van der Waals surface area contributed by atoms with Crippen LogP contribution >= 0.6 is 0 Å². The maximum absolute atomic E-state index is 6.75. The zero-order chi connectivity index (χ0) is 31.2. The predicted octanol–water partition coefficient (Wildman–Crippen LogP) is 10.7. The van der Waals surface area contributed by atoms with E-state index in [-0.39, 0.29) is 0 Å². The van der Waals surface area contributed by atoms with E-state index >= 15 is 0 Å². The average Bonchev–Trinajstić information content (AvgIpc) is 3.53. The molecule has 9 rings (SSSR count). The number of furan rings is 1. The van der Waals surface area contributed by atoms with Crippen LogP contribution < -0.4 is 0 Å². The average molecular weight is 603 g/mol. The molecule has 0 unspecified atom stereocenters. The third kappa shape index (κ3) is 4.73. The summed E-state index contributed by atoms with van der Waals surface area (Å²) in [6, 6.07) is 49.5. The number of nitrogens with zero attached hydrogens (tertiary/aromatic N) is 4. The van der Waals surface area contributed by atoms with Gasteiger partial charge in [0.1, 0.15) is 11.2 Å². The van der Waals surface area contributed by atoms with E-state index < -0.39 is 0 Å². The van der Waals surface area contributed by atoms with Gasteiger partial charge >= 0.3 is 0 Å². The molecule has 47 heavy (non-hydrogen) atoms. The van der Waals surface area contributed by atoms with E-state index in [0.717, 1.165) is 71.7 Å². The Labute approximate surface area is 270 Å². The molecule has 5 heteroatoms. The van der Waals surface area contributed by atoms with Gasteiger partial charge in [0, 0.05) is 50.8 Å². The first kappa shape index (κ1) is 26.9. The summed E-state index contributed by atoms with van der Waals surface area (Å²) in [6.07, 6.45) is 3.72. The Kier molecular flexibility index (Phi) is 6.39. The first-order chi connectivity index (χ1) is 23.3. The Morgan fingerprint density at radius 1 is 0.426 bits per heavy atom. The van der Waals surface area contributed by atoms with Crippen molar-refractivity contribution in [1.29, 1.82) is 0 Å². The van der Waals surface area contributed by atoms with Crippen LogP contribution in [0.4, 0.5) is 0 Å². The zero-order valence-corrected chi connectivity index (χ0v) is 25.2. The van der Waals surface area contributed by atoms with E-state index in [1.807, 2.05) is 91.3 Å². The first-order valence-electron chi connectivity index (χ1n) is 15.6. The predicted molar refractivity (Wildman–Crippen MR) is 190 cm³/mol. The molecule has 3 aromatic heterocycles. The minimum Gasteiger partial charge on any atom is -0.455 e. The van der Waals surface area contributed by atoms with Gasteiger partial charge in [-0.3, -0.25) is 4.98 Å². The van der Waals surface area contributed by atoms with Crippen molar-refractivity contribution in [2.24, 2.45) is 0 Å². The van der Waals surface area contributed by atoms with Gasteiger partial charge in [0.2, 0.25) is 0 Å². The summed E-state index contributed by atoms with van der Waals surface area (Å²) in [6.45, 7) is 0. The minimum atomic E-state index is 0.607. The van der Waals surface area contributed by atoms with Crippen LogP contribution in [0.15, 0.2) is 162 Å². The zero-order valence-electron chi connectivity index (χ0n) is 25.2. The van der Waals surface area contributed by atoms with Crippen molar-refractivity contribution in [3.05, 3.63) is 158 Å². The number of rotatable bonds is 5. The summed E-state index contributed by atoms with van der Waals surface area (Å²) in [5.41, 5.74) is 8.64. The summed E-state index contributed by atoms with van der Waals surface area (Å²) in [4.78, 5) is 19.4. The van der Waals surface area contributed by atoms with Crippen LogP contribution in [-0.2, 0) is 0 Å². The van der Waals surface area contributed by atoms with Crippen molar-refractivity contribution in [1.82, 2.24) is 19.9 Å². The Bertz CT molecular complexity index is 2500. The van der Waals surface area contributed by atoms with Gasteiger partial charge in [0.15, 0.2) is 17.5 Å². The van der Waals surface area contributed by atoms with E-state index in [2.05, 4.69) is 71.7 Å². The summed E-state index contributed by atoms with van der Waals surface area (Å²) in [7, 11) is 0. The second-order valence-corrected chi connectivity index (χ2v) is 11.5. The molecule has 220 valence electrons. The molecule has 0 aliphatic heterocycles. The molecule has 3 heterocycles. The van der Waals surface area contributed by atoms with Gasteiger partial charge in [-0.15, -0.1) is 0 Å². The highest BCUT2D eigenvalue weighted by molar-refractivity contribution is 6.19. The molecule has 0 bridgehead atoms. The summed E-state index contributed by atoms with van der Waals surface area (Å²) >= 11 is 0. The fourth-order valence-corrected chi connectivity index (χ4v) is 6.37. The van der Waals surface area contributed by atoms with Crippen molar-refractivity contribution in [3.8, 4) is 56.4 Å². The molecule has 0 spiro atoms. The maximum Gasteiger partial charge on any atom is 0.164 e. The molecule has 0 aliphatic carbocycles. The van der Waals surface area contributed by atoms with Gasteiger partial charge in [-0.2, -0.15) is 0 Å². The Morgan fingerprint density at radius 2 is 1.00 bits per heavy atom. The molecule has 0 amide bonds. The lowest BCUT2D eigenvalue weighted by atomic mass is 9.91. The number of aromatic nitrogens is 4. The lowest BCUT2D eigenvalue weighted by Gasteiger charge is -2.14. The number of benzene rings is 6. The molecule has 0 fully saturated rings. The lowest BCUT2D eigenvalue weighted by molar-refractivity contribution is 0.670. The fraction of sp³-hybridized carbons (Fsp3) is 0. The van der Waals surface area contributed by atoms with E-state index in [1.165, 1.54) is 0 Å². The monoisotopic (exact) mass is 602 g/mol. The van der Waals surface area contributed by atoms with Crippen LogP contribution in [0.1, 0.15) is 0 Å². The number of hydrogen-bond donors (Lipinski definition) is 0. The SMILES string of the molecule is c1ccc(-c2nc(-c3ccccc3)nc(-c3ccccc3-c3ccc(-c4ccccc4)c4oc5cc6ccncc6cc5c34)n2)cc1. The van der Waals surface area contributed by atoms with E-state index in [9.17, 15) is 0 Å². The van der Waals surface area contributed by atoms with Crippen molar-refractivity contribution < 1.29 is 4.42 Å². The normalized spacial score (nSPS) is 11.4. The number of fused-ring (bicyclic) bond motifs is 4. The molecule has 6 aromatic carbocycles. The maximum atomic E-state index is 6.75. The molecule has 0 radical (unpaired) electrons. The molecular formula is C42H26N4O. The molecule has 5 nitrogen and oxygen atoms in total. The van der Waals surface area contributed by atoms with Crippen molar-refractivity contribution in [2.45, 2.75) is 0 Å². The van der Waals surface area contributed by atoms with E-state index in [4.69, 9.17) is 19.4 Å². The van der Waals surface area contributed by atoms with Crippen molar-refractivity contribution in [3.63, 3.8) is 0 Å². The third-order valence-corrected chi connectivity index (χ3v) is 8.62. The molecule has 0 aliphatic rings. The quantitative estimate of drug-likeness (QED) is 0.196. The van der Waals surface area contributed by atoms with Gasteiger partial charge in [-0.25, -0.2) is 15.0 Å². The number of pyridine rings is 1. The van der Waals surface area contributed by atoms with Gasteiger partial charge in [0.25, 0.3) is 0 Å². The van der Waals surface area contributed by atoms with Crippen LogP contribution in [0.3, 0.4) is 0 Å². The highest BCUT2D eigenvalue weighted by Gasteiger charge is 2.21. The Morgan fingerprint density at radius 3 is 1.68 bits per heavy atom. The Balaban J connectivity index is 1.33. The summed E-state index contributed by atoms with van der Waals surface area (Å²) < 4.78 is 6.75. The first-order valence-corrected chi connectivity index (χ1v) is 15.6. The van der Waals surface area contributed by atoms with Crippen LogP contribution in [0.2, 0.25) is 0 Å². The summed E-state index contributed by atoms with van der Waals surface area (Å²) in [5.74, 6) is 1.86. The lowest BCUT2D eigenvalue weighted by Crippen LogP contribution is -2.01. The summed E-state index contributed by atoms with van der Waals surface area (Å²) in [5, 5.41) is 4.22. The highest BCUT2D eigenvalue weighted by atomic mass is 16.3. The van der Waals surface area contributed by atoms with E-state index in [1.54, 1.807) is 0 Å². The molecule has 0 saturated carbocycles. The second-order valence-electron chi connectivity index (χ2n) is 11.5. The third-order valence-electron chi connectivity index (χ3n) is 8.62. The van der Waals surface area contributed by atoms with Crippen molar-refractivity contribution >= 4 is 32.7 Å². The van der Waals surface area contributed by atoms with E-state index in [0.29, 0.717) is 17.5 Å². The van der Waals surface area contributed by atoms with Crippen LogP contribution in [-0.4, -0.2) is 19.9 Å². The standard InChI is InChI=1S/C42H26N4O/c1-4-12-27(13-5-1)32-20-21-34(38-36-24-31-26-43-23-22-30(31)25-37(36)47-39(32)38)33-18-10-11-19-35(33)42-45-40(28-14-6-2-7-15-28)44-41(46-42)29-16-8-3-9-17-29/h1-26H. The molecular weight excluding hydrogens is 576 g/mol. The molecule has 0 atom stereocenters. The van der Waals surface area contributed by atoms with Crippen molar-refractivity contribution in [2.75, 3.05) is 0 Å². The second kappa shape index (κ2) is 11.2. The van der Waals surface area contributed by atoms with Crippen LogP contribution in [0.5, 0.6) is 0 Å². The van der Waals surface area contributed by atoms with Gasteiger partial charge in [-0.1, -0.05) is 121 Å². The van der Waals surface area contributed by atoms with Crippen LogP contribution in [0.25, 0.3) is 89.1 Å². The van der Waals surface area contributed by atoms with Gasteiger partial charge in [0.05, 0.1) is 0 Å². The molecule has 9 aromatic rings. The Hall–Kier alpha value is -6.46. The van der Waals surface area contributed by atoms with Gasteiger partial charge < -0.3 is 4.42 Å². The van der Waals surface area contributed by atoms with Crippen LogP contribution in [0, 0.1) is 0 Å². The molecule has 0 N–H and O–H groups in total. The smallest absolute Gasteiger partial charge is 0.164 e.